The van der Waals surface area contributed by atoms with E-state index in [4.69, 9.17) is 9.47 Å². The predicted octanol–water partition coefficient (Wildman–Crippen LogP) is 4.27. The van der Waals surface area contributed by atoms with Gasteiger partial charge in [-0.05, 0) is 54.6 Å². The van der Waals surface area contributed by atoms with E-state index in [9.17, 15) is 4.79 Å². The Morgan fingerprint density at radius 2 is 1.82 bits per heavy atom. The number of ether oxygens (including phenoxy) is 2. The lowest BCUT2D eigenvalue weighted by atomic mass is 10.1. The van der Waals surface area contributed by atoms with Crippen molar-refractivity contribution in [1.82, 2.24) is 9.38 Å². The molecule has 0 saturated carbocycles. The zero-order valence-electron chi connectivity index (χ0n) is 15.5. The van der Waals surface area contributed by atoms with E-state index < -0.39 is 0 Å². The highest BCUT2D eigenvalue weighted by Crippen LogP contribution is 2.31. The lowest BCUT2D eigenvalue weighted by Crippen LogP contribution is -2.12. The summed E-state index contributed by atoms with van der Waals surface area (Å²) in [6.45, 7) is 0. The molecule has 0 saturated heterocycles. The third kappa shape index (κ3) is 3.40. The lowest BCUT2D eigenvalue weighted by Gasteiger charge is -2.12. The van der Waals surface area contributed by atoms with E-state index in [0.717, 1.165) is 16.9 Å². The molecule has 4 rings (SSSR count). The quantitative estimate of drug-likeness (QED) is 0.567. The summed E-state index contributed by atoms with van der Waals surface area (Å²) in [7, 11) is 3.16. The number of nitrogens with one attached hydrogen (secondary N) is 1. The van der Waals surface area contributed by atoms with Gasteiger partial charge < -0.3 is 19.2 Å². The molecule has 1 N–H and O–H groups in total. The molecule has 0 aliphatic rings. The summed E-state index contributed by atoms with van der Waals surface area (Å²) in [5.41, 5.74) is 3.67. The van der Waals surface area contributed by atoms with Gasteiger partial charge in [0.05, 0.1) is 25.6 Å². The summed E-state index contributed by atoms with van der Waals surface area (Å²) in [6, 6.07) is 18.4. The van der Waals surface area contributed by atoms with Crippen LogP contribution in [0.3, 0.4) is 0 Å². The van der Waals surface area contributed by atoms with Crippen LogP contribution in [0.15, 0.2) is 73.1 Å². The second-order valence-corrected chi connectivity index (χ2v) is 6.19. The van der Waals surface area contributed by atoms with Crippen LogP contribution in [0.5, 0.6) is 11.5 Å². The number of carbonyl (C=O) groups is 1. The van der Waals surface area contributed by atoms with Gasteiger partial charge in [0.1, 0.15) is 17.1 Å². The Morgan fingerprint density at radius 1 is 1.00 bits per heavy atom. The fourth-order valence-electron chi connectivity index (χ4n) is 2.98. The first-order valence-corrected chi connectivity index (χ1v) is 8.75. The highest BCUT2D eigenvalue weighted by molar-refractivity contribution is 6.05. The van der Waals surface area contributed by atoms with Crippen LogP contribution in [0.2, 0.25) is 0 Å². The molecule has 6 nitrogen and oxygen atoms in total. The summed E-state index contributed by atoms with van der Waals surface area (Å²) in [5, 5.41) is 2.92. The van der Waals surface area contributed by atoms with E-state index in [1.165, 1.54) is 0 Å². The van der Waals surface area contributed by atoms with Crippen molar-refractivity contribution in [3.63, 3.8) is 0 Å². The fourth-order valence-corrected chi connectivity index (χ4v) is 2.98. The fraction of sp³-hybridized carbons (Fsp3) is 0.0909. The van der Waals surface area contributed by atoms with Crippen molar-refractivity contribution in [2.45, 2.75) is 0 Å². The SMILES string of the molecule is COc1ccc(C(=O)Nc2cc(-c3cn4ccccc4n3)ccc2OC)cc1. The van der Waals surface area contributed by atoms with Crippen LogP contribution < -0.4 is 14.8 Å². The summed E-state index contributed by atoms with van der Waals surface area (Å²) in [4.78, 5) is 17.3. The molecule has 140 valence electrons. The molecule has 0 bridgehead atoms. The standard InChI is InChI=1S/C22H19N3O3/c1-27-17-9-6-15(7-10-17)22(26)24-18-13-16(8-11-20(18)28-2)19-14-25-12-4-3-5-21(25)23-19/h3-14H,1-2H3,(H,24,26). The minimum Gasteiger partial charge on any atom is -0.497 e. The van der Waals surface area contributed by atoms with E-state index in [2.05, 4.69) is 10.3 Å². The second kappa shape index (κ2) is 7.44. The van der Waals surface area contributed by atoms with Gasteiger partial charge in [-0.15, -0.1) is 0 Å². The maximum atomic E-state index is 12.6. The van der Waals surface area contributed by atoms with Gasteiger partial charge in [0.15, 0.2) is 0 Å². The minimum absolute atomic E-state index is 0.229. The first kappa shape index (κ1) is 17.6. The first-order chi connectivity index (χ1) is 13.7. The maximum absolute atomic E-state index is 12.6. The topological polar surface area (TPSA) is 64.9 Å². The summed E-state index contributed by atoms with van der Waals surface area (Å²) in [5.74, 6) is 1.05. The number of fused-ring (bicyclic) bond motifs is 1. The Hall–Kier alpha value is -3.80. The number of pyridine rings is 1. The molecule has 0 aliphatic carbocycles. The van der Waals surface area contributed by atoms with E-state index in [-0.39, 0.29) is 5.91 Å². The van der Waals surface area contributed by atoms with Gasteiger partial charge in [-0.1, -0.05) is 6.07 Å². The van der Waals surface area contributed by atoms with Crippen LogP contribution in [0.4, 0.5) is 5.69 Å². The number of rotatable bonds is 5. The van der Waals surface area contributed by atoms with Gasteiger partial charge >= 0.3 is 0 Å². The number of methoxy groups -OCH3 is 2. The van der Waals surface area contributed by atoms with E-state index >= 15 is 0 Å². The number of aromatic nitrogens is 2. The molecule has 28 heavy (non-hydrogen) atoms. The largest absolute Gasteiger partial charge is 0.497 e. The van der Waals surface area contributed by atoms with Crippen molar-refractivity contribution < 1.29 is 14.3 Å². The van der Waals surface area contributed by atoms with Gasteiger partial charge in [0.25, 0.3) is 5.91 Å². The molecule has 0 atom stereocenters. The maximum Gasteiger partial charge on any atom is 0.255 e. The van der Waals surface area contributed by atoms with E-state index in [1.807, 2.05) is 53.2 Å². The minimum atomic E-state index is -0.229. The number of carbonyl (C=O) groups excluding carboxylic acids is 1. The van der Waals surface area contributed by atoms with Gasteiger partial charge in [-0.3, -0.25) is 4.79 Å². The summed E-state index contributed by atoms with van der Waals surface area (Å²) in [6.07, 6.45) is 3.90. The first-order valence-electron chi connectivity index (χ1n) is 8.75. The molecule has 6 heteroatoms. The number of benzene rings is 2. The van der Waals surface area contributed by atoms with Crippen molar-refractivity contribution in [3.8, 4) is 22.8 Å². The number of nitrogens with zero attached hydrogens (tertiary/aromatic N) is 2. The molecule has 4 aromatic rings. The second-order valence-electron chi connectivity index (χ2n) is 6.19. The van der Waals surface area contributed by atoms with Crippen molar-refractivity contribution in [3.05, 3.63) is 78.6 Å². The van der Waals surface area contributed by atoms with Crippen LogP contribution in [0.25, 0.3) is 16.9 Å². The number of hydrogen-bond acceptors (Lipinski definition) is 4. The lowest BCUT2D eigenvalue weighted by molar-refractivity contribution is 0.102. The Bertz CT molecular complexity index is 1100. The van der Waals surface area contributed by atoms with Crippen molar-refractivity contribution >= 4 is 17.2 Å². The third-order valence-electron chi connectivity index (χ3n) is 4.46. The Morgan fingerprint density at radius 3 is 2.54 bits per heavy atom. The van der Waals surface area contributed by atoms with Crippen molar-refractivity contribution in [2.75, 3.05) is 19.5 Å². The van der Waals surface area contributed by atoms with Gasteiger partial charge in [0, 0.05) is 23.5 Å². The van der Waals surface area contributed by atoms with Gasteiger partial charge in [-0.2, -0.15) is 0 Å². The van der Waals surface area contributed by atoms with Crippen LogP contribution in [-0.4, -0.2) is 29.5 Å². The predicted molar refractivity (Wildman–Crippen MR) is 108 cm³/mol. The molecule has 0 aliphatic heterocycles. The monoisotopic (exact) mass is 373 g/mol. The highest BCUT2D eigenvalue weighted by atomic mass is 16.5. The Kier molecular flexibility index (Phi) is 4.68. The Labute approximate surface area is 162 Å². The molecule has 2 heterocycles. The summed E-state index contributed by atoms with van der Waals surface area (Å²) >= 11 is 0. The highest BCUT2D eigenvalue weighted by Gasteiger charge is 2.13. The smallest absolute Gasteiger partial charge is 0.255 e. The van der Waals surface area contributed by atoms with Crippen molar-refractivity contribution in [1.29, 1.82) is 0 Å². The molecule has 0 fully saturated rings. The third-order valence-corrected chi connectivity index (χ3v) is 4.46. The van der Waals surface area contributed by atoms with Gasteiger partial charge in [0.2, 0.25) is 0 Å². The number of anilines is 1. The van der Waals surface area contributed by atoms with Gasteiger partial charge in [-0.25, -0.2) is 4.98 Å². The molecule has 0 unspecified atom stereocenters. The van der Waals surface area contributed by atoms with Crippen LogP contribution in [0.1, 0.15) is 10.4 Å². The number of amides is 1. The van der Waals surface area contributed by atoms with Crippen LogP contribution in [0, 0.1) is 0 Å². The molecule has 0 radical (unpaired) electrons. The van der Waals surface area contributed by atoms with Crippen LogP contribution >= 0.6 is 0 Å². The average molecular weight is 373 g/mol. The Balaban J connectivity index is 1.65. The molecule has 1 amide bonds. The molecule has 0 spiro atoms. The normalized spacial score (nSPS) is 10.6. The number of imidazole rings is 1. The molecular formula is C22H19N3O3. The molecule has 2 aromatic carbocycles. The van der Waals surface area contributed by atoms with Crippen molar-refractivity contribution in [2.24, 2.45) is 0 Å². The van der Waals surface area contributed by atoms with E-state index in [1.54, 1.807) is 38.5 Å². The molecule has 2 aromatic heterocycles. The zero-order chi connectivity index (χ0) is 19.5. The van der Waals surface area contributed by atoms with Crippen LogP contribution in [-0.2, 0) is 0 Å². The number of hydrogen-bond donors (Lipinski definition) is 1. The van der Waals surface area contributed by atoms with E-state index in [0.29, 0.717) is 22.7 Å². The zero-order valence-corrected chi connectivity index (χ0v) is 15.5. The average Bonchev–Trinajstić information content (AvgIpc) is 3.18. The summed E-state index contributed by atoms with van der Waals surface area (Å²) < 4.78 is 12.5. The molecular weight excluding hydrogens is 354 g/mol.